The van der Waals surface area contributed by atoms with Crippen LogP contribution < -0.4 is 11.3 Å². The first-order valence-corrected chi connectivity index (χ1v) is 5.60. The van der Waals surface area contributed by atoms with E-state index in [9.17, 15) is 4.79 Å². The minimum Gasteiger partial charge on any atom is -0.399 e. The number of aryl methyl sites for hydroxylation is 2. The quantitative estimate of drug-likeness (QED) is 0.807. The SMILES string of the molecule is Nc1cccc(CCCn2cnccc2=O)c1. The monoisotopic (exact) mass is 229 g/mol. The lowest BCUT2D eigenvalue weighted by atomic mass is 10.1. The summed E-state index contributed by atoms with van der Waals surface area (Å²) in [6.45, 7) is 0.682. The zero-order valence-electron chi connectivity index (χ0n) is 9.54. The number of benzene rings is 1. The summed E-state index contributed by atoms with van der Waals surface area (Å²) in [4.78, 5) is 15.3. The molecule has 0 unspecified atom stereocenters. The topological polar surface area (TPSA) is 60.9 Å². The van der Waals surface area contributed by atoms with Crippen LogP contribution in [-0.2, 0) is 13.0 Å². The molecule has 1 aromatic carbocycles. The summed E-state index contributed by atoms with van der Waals surface area (Å²) in [5, 5.41) is 0. The van der Waals surface area contributed by atoms with Crippen molar-refractivity contribution in [3.05, 3.63) is 58.8 Å². The number of anilines is 1. The number of nitrogens with zero attached hydrogens (tertiary/aromatic N) is 2. The second-order valence-electron chi connectivity index (χ2n) is 3.96. The summed E-state index contributed by atoms with van der Waals surface area (Å²) in [7, 11) is 0. The molecule has 0 saturated heterocycles. The molecule has 0 fully saturated rings. The predicted octanol–water partition coefficient (Wildman–Crippen LogP) is 1.46. The van der Waals surface area contributed by atoms with Gasteiger partial charge in [0.15, 0.2) is 0 Å². The Hall–Kier alpha value is -2.10. The van der Waals surface area contributed by atoms with Gasteiger partial charge in [-0.1, -0.05) is 12.1 Å². The smallest absolute Gasteiger partial charge is 0.253 e. The normalized spacial score (nSPS) is 10.4. The van der Waals surface area contributed by atoms with Crippen molar-refractivity contribution in [1.82, 2.24) is 9.55 Å². The maximum Gasteiger partial charge on any atom is 0.253 e. The minimum absolute atomic E-state index is 0.00687. The number of hydrogen-bond donors (Lipinski definition) is 1. The summed E-state index contributed by atoms with van der Waals surface area (Å²) < 4.78 is 1.62. The van der Waals surface area contributed by atoms with Gasteiger partial charge >= 0.3 is 0 Å². The number of hydrogen-bond acceptors (Lipinski definition) is 3. The molecule has 2 N–H and O–H groups in total. The van der Waals surface area contributed by atoms with E-state index in [1.807, 2.05) is 24.3 Å². The Morgan fingerprint density at radius 2 is 2.18 bits per heavy atom. The second kappa shape index (κ2) is 5.30. The van der Waals surface area contributed by atoms with Gasteiger partial charge in [-0.3, -0.25) is 9.36 Å². The van der Waals surface area contributed by atoms with Gasteiger partial charge in [0, 0.05) is 24.5 Å². The van der Waals surface area contributed by atoms with Gasteiger partial charge in [0.25, 0.3) is 5.56 Å². The molecule has 2 aromatic rings. The third-order valence-corrected chi connectivity index (χ3v) is 2.61. The molecule has 0 amide bonds. The average Bonchev–Trinajstić information content (AvgIpc) is 2.32. The van der Waals surface area contributed by atoms with Crippen LogP contribution in [0.5, 0.6) is 0 Å². The van der Waals surface area contributed by atoms with E-state index < -0.39 is 0 Å². The van der Waals surface area contributed by atoms with E-state index in [0.29, 0.717) is 6.54 Å². The summed E-state index contributed by atoms with van der Waals surface area (Å²) in [6, 6.07) is 9.30. The second-order valence-corrected chi connectivity index (χ2v) is 3.96. The molecular formula is C13H15N3O. The Bertz CT molecular complexity index is 548. The molecule has 4 heteroatoms. The van der Waals surface area contributed by atoms with Gasteiger partial charge in [0.2, 0.25) is 0 Å². The maximum absolute atomic E-state index is 11.4. The van der Waals surface area contributed by atoms with Crippen LogP contribution in [0.1, 0.15) is 12.0 Å². The average molecular weight is 229 g/mol. The zero-order valence-corrected chi connectivity index (χ0v) is 9.54. The summed E-state index contributed by atoms with van der Waals surface area (Å²) >= 11 is 0. The largest absolute Gasteiger partial charge is 0.399 e. The van der Waals surface area contributed by atoms with Crippen LogP contribution in [0.4, 0.5) is 5.69 Å². The lowest BCUT2D eigenvalue weighted by Gasteiger charge is -2.05. The molecule has 88 valence electrons. The van der Waals surface area contributed by atoms with Crippen LogP contribution in [0.2, 0.25) is 0 Å². The fourth-order valence-corrected chi connectivity index (χ4v) is 1.75. The molecule has 0 aliphatic carbocycles. The molecule has 0 radical (unpaired) electrons. The fourth-order valence-electron chi connectivity index (χ4n) is 1.75. The van der Waals surface area contributed by atoms with Gasteiger partial charge in [-0.05, 0) is 30.5 Å². The Labute approximate surface area is 99.7 Å². The Balaban J connectivity index is 1.92. The van der Waals surface area contributed by atoms with E-state index in [-0.39, 0.29) is 5.56 Å². The fraction of sp³-hybridized carbons (Fsp3) is 0.231. The highest BCUT2D eigenvalue weighted by atomic mass is 16.1. The van der Waals surface area contributed by atoms with Crippen molar-refractivity contribution in [1.29, 1.82) is 0 Å². The summed E-state index contributed by atoms with van der Waals surface area (Å²) in [5.41, 5.74) is 7.67. The van der Waals surface area contributed by atoms with Gasteiger partial charge in [-0.15, -0.1) is 0 Å². The summed E-state index contributed by atoms with van der Waals surface area (Å²) in [6.07, 6.45) is 4.89. The van der Waals surface area contributed by atoms with Crippen molar-refractivity contribution < 1.29 is 0 Å². The lowest BCUT2D eigenvalue weighted by Crippen LogP contribution is -2.18. The van der Waals surface area contributed by atoms with E-state index >= 15 is 0 Å². The third kappa shape index (κ3) is 3.17. The number of rotatable bonds is 4. The van der Waals surface area contributed by atoms with Crippen LogP contribution in [0, 0.1) is 0 Å². The first-order valence-electron chi connectivity index (χ1n) is 5.60. The highest BCUT2D eigenvalue weighted by molar-refractivity contribution is 5.40. The highest BCUT2D eigenvalue weighted by Crippen LogP contribution is 2.08. The standard InChI is InChI=1S/C13H15N3O/c14-12-5-1-3-11(9-12)4-2-8-16-10-15-7-6-13(16)17/h1,3,5-7,9-10H,2,4,8,14H2. The molecule has 1 aromatic heterocycles. The molecule has 17 heavy (non-hydrogen) atoms. The number of nitrogens with two attached hydrogens (primary N) is 1. The van der Waals surface area contributed by atoms with Crippen molar-refractivity contribution >= 4 is 5.69 Å². The van der Waals surface area contributed by atoms with Crippen molar-refractivity contribution in [3.63, 3.8) is 0 Å². The van der Waals surface area contributed by atoms with E-state index in [1.165, 1.54) is 17.8 Å². The Morgan fingerprint density at radius 1 is 1.29 bits per heavy atom. The van der Waals surface area contributed by atoms with Crippen molar-refractivity contribution in [2.24, 2.45) is 0 Å². The van der Waals surface area contributed by atoms with E-state index in [1.54, 1.807) is 10.9 Å². The first-order chi connectivity index (χ1) is 8.25. The van der Waals surface area contributed by atoms with Crippen LogP contribution in [0.3, 0.4) is 0 Å². The lowest BCUT2D eigenvalue weighted by molar-refractivity contribution is 0.611. The Morgan fingerprint density at radius 3 is 2.94 bits per heavy atom. The zero-order chi connectivity index (χ0) is 12.1. The van der Waals surface area contributed by atoms with Gasteiger partial charge in [-0.2, -0.15) is 0 Å². The number of nitrogen functional groups attached to an aromatic ring is 1. The maximum atomic E-state index is 11.4. The van der Waals surface area contributed by atoms with Gasteiger partial charge < -0.3 is 5.73 Å². The van der Waals surface area contributed by atoms with Crippen LogP contribution >= 0.6 is 0 Å². The van der Waals surface area contributed by atoms with Crippen LogP contribution in [0.15, 0.2) is 47.7 Å². The molecule has 0 bridgehead atoms. The van der Waals surface area contributed by atoms with Crippen molar-refractivity contribution in [2.75, 3.05) is 5.73 Å². The molecule has 2 rings (SSSR count). The van der Waals surface area contributed by atoms with Crippen LogP contribution in [-0.4, -0.2) is 9.55 Å². The minimum atomic E-state index is -0.00687. The van der Waals surface area contributed by atoms with Crippen molar-refractivity contribution in [3.8, 4) is 0 Å². The molecular weight excluding hydrogens is 214 g/mol. The van der Waals surface area contributed by atoms with Gasteiger partial charge in [0.1, 0.15) is 0 Å². The molecule has 0 aliphatic rings. The molecule has 0 spiro atoms. The molecule has 0 atom stereocenters. The third-order valence-electron chi connectivity index (χ3n) is 2.61. The van der Waals surface area contributed by atoms with Crippen LogP contribution in [0.25, 0.3) is 0 Å². The predicted molar refractivity (Wildman–Crippen MR) is 67.7 cm³/mol. The van der Waals surface area contributed by atoms with Gasteiger partial charge in [-0.25, -0.2) is 4.98 Å². The van der Waals surface area contributed by atoms with Gasteiger partial charge in [0.05, 0.1) is 6.33 Å². The van der Waals surface area contributed by atoms with Crippen molar-refractivity contribution in [2.45, 2.75) is 19.4 Å². The summed E-state index contributed by atoms with van der Waals surface area (Å²) in [5.74, 6) is 0. The molecule has 0 saturated carbocycles. The number of aromatic nitrogens is 2. The van der Waals surface area contributed by atoms with E-state index in [2.05, 4.69) is 4.98 Å². The molecule has 1 heterocycles. The van der Waals surface area contributed by atoms with E-state index in [0.717, 1.165) is 18.5 Å². The molecule has 0 aliphatic heterocycles. The highest BCUT2D eigenvalue weighted by Gasteiger charge is 1.97. The first kappa shape index (κ1) is 11.4. The van der Waals surface area contributed by atoms with E-state index in [4.69, 9.17) is 5.73 Å². The Kier molecular flexibility index (Phi) is 3.55. The molecule has 4 nitrogen and oxygen atoms in total.